The molecular weight excluding hydrogens is 377 g/mol. The highest BCUT2D eigenvalue weighted by molar-refractivity contribution is 7.17. The summed E-state index contributed by atoms with van der Waals surface area (Å²) < 4.78 is 40.3. The number of hydrogen-bond donors (Lipinski definition) is 1. The third kappa shape index (κ3) is 4.87. The molecule has 9 heteroatoms. The van der Waals surface area contributed by atoms with Gasteiger partial charge in [0.15, 0.2) is 0 Å². The zero-order valence-corrected chi connectivity index (χ0v) is 14.6. The molecule has 1 aliphatic rings. The maximum Gasteiger partial charge on any atom is 0.573 e. The summed E-state index contributed by atoms with van der Waals surface area (Å²) in [4.78, 5) is 15.5. The number of amides is 1. The standard InChI is InChI=1S/C16H15F3N2O2S.ClH/c17-16(18,19)23-12-3-1-10(2-4-12)13-5-6-14(24-13)15(22)21-8-7-11(20)9-21;/h1-6,11H,7-9,20H2;1H/t11-;/m1./s1. The van der Waals surface area contributed by atoms with Crippen LogP contribution in [0.25, 0.3) is 10.4 Å². The summed E-state index contributed by atoms with van der Waals surface area (Å²) in [5, 5.41) is 0. The molecule has 0 bridgehead atoms. The molecule has 2 heterocycles. The van der Waals surface area contributed by atoms with Crippen molar-refractivity contribution in [3.8, 4) is 16.2 Å². The third-order valence-electron chi connectivity index (χ3n) is 3.70. The number of alkyl halides is 3. The molecule has 1 saturated heterocycles. The molecule has 1 fully saturated rings. The van der Waals surface area contributed by atoms with Crippen molar-refractivity contribution in [1.82, 2.24) is 4.90 Å². The van der Waals surface area contributed by atoms with Crippen LogP contribution >= 0.6 is 23.7 Å². The molecule has 2 N–H and O–H groups in total. The lowest BCUT2D eigenvalue weighted by atomic mass is 10.2. The SMILES string of the molecule is Cl.N[C@@H]1CCN(C(=O)c2ccc(-c3ccc(OC(F)(F)F)cc3)s2)C1. The summed E-state index contributed by atoms with van der Waals surface area (Å²) >= 11 is 1.31. The third-order valence-corrected chi connectivity index (χ3v) is 4.82. The summed E-state index contributed by atoms with van der Waals surface area (Å²) in [6.07, 6.45) is -3.91. The Bertz CT molecular complexity index is 734. The topological polar surface area (TPSA) is 55.6 Å². The Morgan fingerprint density at radius 3 is 2.44 bits per heavy atom. The van der Waals surface area contributed by atoms with E-state index in [2.05, 4.69) is 4.74 Å². The first-order chi connectivity index (χ1) is 11.3. The minimum Gasteiger partial charge on any atom is -0.406 e. The van der Waals surface area contributed by atoms with Gasteiger partial charge in [0.25, 0.3) is 5.91 Å². The molecule has 1 amide bonds. The average molecular weight is 393 g/mol. The molecule has 0 aliphatic carbocycles. The number of rotatable bonds is 3. The van der Waals surface area contributed by atoms with Gasteiger partial charge in [0, 0.05) is 24.0 Å². The summed E-state index contributed by atoms with van der Waals surface area (Å²) in [7, 11) is 0. The number of likely N-dealkylation sites (tertiary alicyclic amines) is 1. The number of ether oxygens (including phenoxy) is 1. The highest BCUT2D eigenvalue weighted by Crippen LogP contribution is 2.31. The first-order valence-corrected chi connectivity index (χ1v) is 8.14. The zero-order valence-electron chi connectivity index (χ0n) is 13.0. The van der Waals surface area contributed by atoms with Gasteiger partial charge in [-0.05, 0) is 48.4 Å². The molecule has 1 atom stereocenters. The van der Waals surface area contributed by atoms with Gasteiger partial charge < -0.3 is 15.4 Å². The lowest BCUT2D eigenvalue weighted by Crippen LogP contribution is -2.31. The number of thiophene rings is 1. The molecule has 3 rings (SSSR count). The number of nitrogens with zero attached hydrogens (tertiary/aromatic N) is 1. The Balaban J connectivity index is 0.00000225. The normalized spacial score (nSPS) is 17.3. The molecule has 0 radical (unpaired) electrons. The molecule has 2 aromatic rings. The first-order valence-electron chi connectivity index (χ1n) is 7.33. The lowest BCUT2D eigenvalue weighted by Gasteiger charge is -2.14. The zero-order chi connectivity index (χ0) is 17.3. The van der Waals surface area contributed by atoms with Gasteiger partial charge in [0.1, 0.15) is 5.75 Å². The van der Waals surface area contributed by atoms with Crippen LogP contribution in [0.4, 0.5) is 13.2 Å². The van der Waals surface area contributed by atoms with Gasteiger partial charge in [-0.25, -0.2) is 0 Å². The number of benzene rings is 1. The van der Waals surface area contributed by atoms with E-state index in [-0.39, 0.29) is 30.1 Å². The molecular formula is C16H16ClF3N2O2S. The Morgan fingerprint density at radius 2 is 1.88 bits per heavy atom. The minimum atomic E-state index is -4.71. The molecule has 1 aromatic carbocycles. The van der Waals surface area contributed by atoms with Crippen molar-refractivity contribution in [1.29, 1.82) is 0 Å². The second-order valence-electron chi connectivity index (χ2n) is 5.54. The first kappa shape index (κ1) is 19.6. The Hall–Kier alpha value is -1.77. The number of hydrogen-bond acceptors (Lipinski definition) is 4. The maximum absolute atomic E-state index is 12.4. The molecule has 0 saturated carbocycles. The molecule has 25 heavy (non-hydrogen) atoms. The molecule has 4 nitrogen and oxygen atoms in total. The Labute approximate surface area is 152 Å². The smallest absolute Gasteiger partial charge is 0.406 e. The van der Waals surface area contributed by atoms with E-state index >= 15 is 0 Å². The van der Waals surface area contributed by atoms with Crippen LogP contribution in [0.15, 0.2) is 36.4 Å². The van der Waals surface area contributed by atoms with Gasteiger partial charge in [-0.15, -0.1) is 36.9 Å². The van der Waals surface area contributed by atoms with Crippen LogP contribution in [-0.4, -0.2) is 36.3 Å². The molecule has 136 valence electrons. The number of nitrogens with two attached hydrogens (primary N) is 1. The van der Waals surface area contributed by atoms with Crippen molar-refractivity contribution in [2.45, 2.75) is 18.8 Å². The Kier molecular flexibility index (Phi) is 5.97. The van der Waals surface area contributed by atoms with E-state index < -0.39 is 6.36 Å². The fourth-order valence-corrected chi connectivity index (χ4v) is 3.54. The highest BCUT2D eigenvalue weighted by atomic mass is 35.5. The molecule has 0 unspecified atom stereocenters. The molecule has 1 aliphatic heterocycles. The lowest BCUT2D eigenvalue weighted by molar-refractivity contribution is -0.274. The summed E-state index contributed by atoms with van der Waals surface area (Å²) in [6, 6.07) is 9.11. The van der Waals surface area contributed by atoms with Gasteiger partial charge in [-0.2, -0.15) is 0 Å². The predicted molar refractivity (Wildman–Crippen MR) is 92.2 cm³/mol. The van der Waals surface area contributed by atoms with Crippen molar-refractivity contribution in [2.75, 3.05) is 13.1 Å². The van der Waals surface area contributed by atoms with E-state index in [1.54, 1.807) is 17.0 Å². The Morgan fingerprint density at radius 1 is 1.20 bits per heavy atom. The number of carbonyl (C=O) groups excluding carboxylic acids is 1. The van der Waals surface area contributed by atoms with Crippen LogP contribution in [-0.2, 0) is 0 Å². The van der Waals surface area contributed by atoms with Gasteiger partial charge in [-0.3, -0.25) is 4.79 Å². The van der Waals surface area contributed by atoms with Crippen LogP contribution in [0, 0.1) is 0 Å². The largest absolute Gasteiger partial charge is 0.573 e. The van der Waals surface area contributed by atoms with Crippen LogP contribution < -0.4 is 10.5 Å². The average Bonchev–Trinajstić information content (AvgIpc) is 3.15. The monoisotopic (exact) mass is 392 g/mol. The predicted octanol–water partition coefficient (Wildman–Crippen LogP) is 3.91. The second-order valence-corrected chi connectivity index (χ2v) is 6.62. The van der Waals surface area contributed by atoms with E-state index in [9.17, 15) is 18.0 Å². The molecule has 1 aromatic heterocycles. The maximum atomic E-state index is 12.4. The van der Waals surface area contributed by atoms with E-state index in [1.165, 1.54) is 35.6 Å². The van der Waals surface area contributed by atoms with Crippen molar-refractivity contribution in [3.63, 3.8) is 0 Å². The van der Waals surface area contributed by atoms with E-state index in [1.807, 2.05) is 0 Å². The van der Waals surface area contributed by atoms with E-state index in [0.717, 1.165) is 16.9 Å². The quantitative estimate of drug-likeness (QED) is 0.861. The molecule has 0 spiro atoms. The fourth-order valence-electron chi connectivity index (χ4n) is 2.56. The van der Waals surface area contributed by atoms with Crippen LogP contribution in [0.2, 0.25) is 0 Å². The van der Waals surface area contributed by atoms with Crippen molar-refractivity contribution < 1.29 is 22.7 Å². The number of halogens is 4. The van der Waals surface area contributed by atoms with Gasteiger partial charge in [0.05, 0.1) is 4.88 Å². The fraction of sp³-hybridized carbons (Fsp3) is 0.312. The van der Waals surface area contributed by atoms with Crippen LogP contribution in [0.5, 0.6) is 5.75 Å². The van der Waals surface area contributed by atoms with E-state index in [4.69, 9.17) is 5.73 Å². The van der Waals surface area contributed by atoms with Gasteiger partial charge in [0.2, 0.25) is 0 Å². The minimum absolute atomic E-state index is 0. The van der Waals surface area contributed by atoms with Crippen molar-refractivity contribution >= 4 is 29.7 Å². The van der Waals surface area contributed by atoms with Crippen LogP contribution in [0.3, 0.4) is 0 Å². The number of carbonyl (C=O) groups is 1. The second kappa shape index (κ2) is 7.63. The van der Waals surface area contributed by atoms with Crippen molar-refractivity contribution in [3.05, 3.63) is 41.3 Å². The van der Waals surface area contributed by atoms with Crippen LogP contribution in [0.1, 0.15) is 16.1 Å². The summed E-state index contributed by atoms with van der Waals surface area (Å²) in [6.45, 7) is 1.20. The summed E-state index contributed by atoms with van der Waals surface area (Å²) in [5.41, 5.74) is 6.54. The van der Waals surface area contributed by atoms with E-state index in [0.29, 0.717) is 18.0 Å². The highest BCUT2D eigenvalue weighted by Gasteiger charge is 2.31. The van der Waals surface area contributed by atoms with Crippen molar-refractivity contribution in [2.24, 2.45) is 5.73 Å². The summed E-state index contributed by atoms with van der Waals surface area (Å²) in [5.74, 6) is -0.332. The van der Waals surface area contributed by atoms with Gasteiger partial charge in [-0.1, -0.05) is 0 Å². The van der Waals surface area contributed by atoms with Gasteiger partial charge >= 0.3 is 6.36 Å².